The number of benzene rings is 1. The van der Waals surface area contributed by atoms with Gasteiger partial charge in [0.1, 0.15) is 12.7 Å². The van der Waals surface area contributed by atoms with Crippen LogP contribution in [0.1, 0.15) is 33.3 Å². The highest BCUT2D eigenvalue weighted by Crippen LogP contribution is 2.28. The first-order valence-electron chi connectivity index (χ1n) is 10.4. The quantitative estimate of drug-likeness (QED) is 0.320. The highest BCUT2D eigenvalue weighted by atomic mass is 32.1. The zero-order valence-electron chi connectivity index (χ0n) is 19.5. The van der Waals surface area contributed by atoms with E-state index in [1.54, 1.807) is 6.07 Å². The molecule has 5 atom stereocenters. The van der Waals surface area contributed by atoms with Crippen LogP contribution in [0.2, 0.25) is 0 Å². The highest BCUT2D eigenvalue weighted by molar-refractivity contribution is 7.80. The van der Waals surface area contributed by atoms with Gasteiger partial charge in [-0.25, -0.2) is 0 Å². The van der Waals surface area contributed by atoms with Gasteiger partial charge in [-0.2, -0.15) is 0 Å². The largest absolute Gasteiger partial charge is 0.463 e. The summed E-state index contributed by atoms with van der Waals surface area (Å²) in [5.74, 6) is -2.72. The third-order valence-electron chi connectivity index (χ3n) is 4.54. The molecule has 0 amide bonds. The van der Waals surface area contributed by atoms with Gasteiger partial charge in [0.25, 0.3) is 0 Å². The molecule has 1 aromatic rings. The maximum atomic E-state index is 11.9. The van der Waals surface area contributed by atoms with E-state index >= 15 is 0 Å². The van der Waals surface area contributed by atoms with Crippen molar-refractivity contribution < 1.29 is 42.9 Å². The standard InChI is InChI=1S/C22H28N2O9S/c1-11-7-6-8-16(9-11)23-22(34)24-21-20(32-15(5)28)19(31-14(4)27)18(30-13(3)26)17(33-21)10-29-12(2)25/h6-9,17-21H,10H2,1-5H3,(H2,23,24,34)/t17-,18+,19-,20+,21-/m0/s1. The fraction of sp³-hybridized carbons (Fsp3) is 0.500. The van der Waals surface area contributed by atoms with E-state index in [1.807, 2.05) is 25.1 Å². The van der Waals surface area contributed by atoms with E-state index in [0.29, 0.717) is 5.69 Å². The average Bonchev–Trinajstić information content (AvgIpc) is 2.70. The molecule has 1 heterocycles. The summed E-state index contributed by atoms with van der Waals surface area (Å²) in [6.07, 6.45) is -5.98. The first kappa shape index (κ1) is 27.0. The number of ether oxygens (including phenoxy) is 5. The fourth-order valence-corrected chi connectivity index (χ4v) is 3.60. The number of hydrogen-bond acceptors (Lipinski definition) is 10. The van der Waals surface area contributed by atoms with Gasteiger partial charge in [-0.1, -0.05) is 12.1 Å². The Balaban J connectivity index is 2.36. The Labute approximate surface area is 202 Å². The molecule has 11 nitrogen and oxygen atoms in total. The second kappa shape index (κ2) is 12.3. The minimum absolute atomic E-state index is 0.117. The van der Waals surface area contributed by atoms with Gasteiger partial charge in [0.05, 0.1) is 0 Å². The summed E-state index contributed by atoms with van der Waals surface area (Å²) in [7, 11) is 0. The molecule has 1 aromatic carbocycles. The first-order valence-corrected chi connectivity index (χ1v) is 10.8. The molecule has 2 rings (SSSR count). The van der Waals surface area contributed by atoms with Gasteiger partial charge in [-0.15, -0.1) is 0 Å². The minimum Gasteiger partial charge on any atom is -0.463 e. The van der Waals surface area contributed by atoms with E-state index in [2.05, 4.69) is 10.6 Å². The zero-order valence-corrected chi connectivity index (χ0v) is 20.3. The molecule has 186 valence electrons. The zero-order chi connectivity index (χ0) is 25.4. The molecule has 1 fully saturated rings. The number of hydrogen-bond donors (Lipinski definition) is 2. The molecular weight excluding hydrogens is 468 g/mol. The van der Waals surface area contributed by atoms with Gasteiger partial charge >= 0.3 is 23.9 Å². The van der Waals surface area contributed by atoms with E-state index in [0.717, 1.165) is 26.3 Å². The summed E-state index contributed by atoms with van der Waals surface area (Å²) in [4.78, 5) is 46.9. The molecule has 0 spiro atoms. The Morgan fingerprint density at radius 1 is 0.912 bits per heavy atom. The van der Waals surface area contributed by atoms with Crippen LogP contribution >= 0.6 is 12.2 Å². The van der Waals surface area contributed by atoms with Crippen LogP contribution in [0.25, 0.3) is 0 Å². The van der Waals surface area contributed by atoms with Crippen molar-refractivity contribution in [3.05, 3.63) is 29.8 Å². The molecule has 0 radical (unpaired) electrons. The molecule has 1 aliphatic rings. The SMILES string of the molecule is CC(=O)OC[C@@H]1O[C@H](NC(=S)Nc2cccc(C)c2)[C@H](OC(C)=O)[C@@H](OC(C)=O)[C@@H]1OC(C)=O. The maximum absolute atomic E-state index is 11.9. The van der Waals surface area contributed by atoms with Crippen molar-refractivity contribution in [2.45, 2.75) is 65.3 Å². The van der Waals surface area contributed by atoms with Crippen molar-refractivity contribution in [2.24, 2.45) is 0 Å². The second-order valence-corrected chi connectivity index (χ2v) is 8.00. The topological polar surface area (TPSA) is 138 Å². The van der Waals surface area contributed by atoms with Crippen LogP contribution in [0.5, 0.6) is 0 Å². The Bertz CT molecular complexity index is 939. The van der Waals surface area contributed by atoms with Crippen molar-refractivity contribution in [3.63, 3.8) is 0 Å². The van der Waals surface area contributed by atoms with Crippen molar-refractivity contribution >= 4 is 46.9 Å². The number of esters is 4. The number of aryl methyl sites for hydroxylation is 1. The van der Waals surface area contributed by atoms with Crippen molar-refractivity contribution in [1.82, 2.24) is 5.32 Å². The lowest BCUT2D eigenvalue weighted by molar-refractivity contribution is -0.254. The van der Waals surface area contributed by atoms with Crippen LogP contribution in [-0.4, -0.2) is 66.2 Å². The summed E-state index contributed by atoms with van der Waals surface area (Å²) in [5, 5.41) is 5.99. The maximum Gasteiger partial charge on any atom is 0.303 e. The number of anilines is 1. The molecule has 0 aliphatic carbocycles. The third-order valence-corrected chi connectivity index (χ3v) is 4.76. The molecule has 0 unspecified atom stereocenters. The third kappa shape index (κ3) is 8.27. The summed E-state index contributed by atoms with van der Waals surface area (Å²) >= 11 is 5.38. The van der Waals surface area contributed by atoms with E-state index in [1.165, 1.54) is 6.92 Å². The van der Waals surface area contributed by atoms with Crippen molar-refractivity contribution in [3.8, 4) is 0 Å². The van der Waals surface area contributed by atoms with Gasteiger partial charge in [-0.3, -0.25) is 19.2 Å². The predicted octanol–water partition coefficient (Wildman–Crippen LogP) is 1.36. The second-order valence-electron chi connectivity index (χ2n) is 7.59. The summed E-state index contributed by atoms with van der Waals surface area (Å²) < 4.78 is 27.1. The Kier molecular flexibility index (Phi) is 9.75. The molecule has 0 aromatic heterocycles. The molecular formula is C22H28N2O9S. The first-order chi connectivity index (χ1) is 16.0. The van der Waals surface area contributed by atoms with Crippen LogP contribution in [0.4, 0.5) is 5.69 Å². The van der Waals surface area contributed by atoms with Gasteiger partial charge in [0.2, 0.25) is 0 Å². The molecule has 34 heavy (non-hydrogen) atoms. The highest BCUT2D eigenvalue weighted by Gasteiger charge is 2.52. The number of rotatable bonds is 7. The van der Waals surface area contributed by atoms with Gasteiger partial charge in [0, 0.05) is 33.4 Å². The molecule has 1 saturated heterocycles. The Morgan fingerprint density at radius 3 is 2.06 bits per heavy atom. The van der Waals surface area contributed by atoms with Crippen LogP contribution in [-0.2, 0) is 42.9 Å². The van der Waals surface area contributed by atoms with E-state index in [4.69, 9.17) is 35.9 Å². The number of carbonyl (C=O) groups excluding carboxylic acids is 4. The summed E-state index contributed by atoms with van der Waals surface area (Å²) in [5.41, 5.74) is 1.70. The van der Waals surface area contributed by atoms with Gasteiger partial charge < -0.3 is 34.3 Å². The van der Waals surface area contributed by atoms with E-state index < -0.39 is 54.5 Å². The van der Waals surface area contributed by atoms with Crippen LogP contribution in [0.3, 0.4) is 0 Å². The lowest BCUT2D eigenvalue weighted by atomic mass is 9.97. The number of nitrogens with one attached hydrogen (secondary N) is 2. The van der Waals surface area contributed by atoms with Crippen LogP contribution in [0, 0.1) is 6.92 Å². The van der Waals surface area contributed by atoms with E-state index in [-0.39, 0.29) is 11.7 Å². The summed E-state index contributed by atoms with van der Waals surface area (Å²) in [6.45, 7) is 6.26. The summed E-state index contributed by atoms with van der Waals surface area (Å²) in [6, 6.07) is 7.42. The minimum atomic E-state index is -1.28. The van der Waals surface area contributed by atoms with E-state index in [9.17, 15) is 19.2 Å². The monoisotopic (exact) mass is 496 g/mol. The molecule has 12 heteroatoms. The Hall–Kier alpha value is -3.25. The van der Waals surface area contributed by atoms with Crippen molar-refractivity contribution in [2.75, 3.05) is 11.9 Å². The normalized spacial score (nSPS) is 23.7. The Morgan fingerprint density at radius 2 is 1.50 bits per heavy atom. The van der Waals surface area contributed by atoms with Crippen LogP contribution in [0.15, 0.2) is 24.3 Å². The smallest absolute Gasteiger partial charge is 0.303 e. The molecule has 2 N–H and O–H groups in total. The molecule has 1 aliphatic heterocycles. The van der Waals surface area contributed by atoms with Gasteiger partial charge in [0.15, 0.2) is 29.7 Å². The predicted molar refractivity (Wildman–Crippen MR) is 122 cm³/mol. The van der Waals surface area contributed by atoms with Crippen LogP contribution < -0.4 is 10.6 Å². The molecule has 0 bridgehead atoms. The molecule has 0 saturated carbocycles. The number of thiocarbonyl (C=S) groups is 1. The number of carbonyl (C=O) groups is 4. The lowest BCUT2D eigenvalue weighted by Gasteiger charge is -2.44. The van der Waals surface area contributed by atoms with Crippen molar-refractivity contribution in [1.29, 1.82) is 0 Å². The lowest BCUT2D eigenvalue weighted by Crippen LogP contribution is -2.66. The average molecular weight is 497 g/mol. The van der Waals surface area contributed by atoms with Gasteiger partial charge in [-0.05, 0) is 36.8 Å². The fourth-order valence-electron chi connectivity index (χ4n) is 3.36.